The summed E-state index contributed by atoms with van der Waals surface area (Å²) in [6, 6.07) is 17.1. The molecular formula is C26H29FN4O3S. The molecule has 2 N–H and O–H groups in total. The van der Waals surface area contributed by atoms with E-state index in [1.54, 1.807) is 13.0 Å². The predicted octanol–water partition coefficient (Wildman–Crippen LogP) is 4.33. The van der Waals surface area contributed by atoms with Gasteiger partial charge in [-0.3, -0.25) is 9.52 Å². The van der Waals surface area contributed by atoms with Gasteiger partial charge in [-0.1, -0.05) is 25.1 Å². The molecule has 1 aliphatic heterocycles. The quantitative estimate of drug-likeness (QED) is 0.509. The van der Waals surface area contributed by atoms with E-state index < -0.39 is 15.8 Å². The molecule has 0 spiro atoms. The van der Waals surface area contributed by atoms with Gasteiger partial charge in [0.2, 0.25) is 0 Å². The number of nitrogens with one attached hydrogen (secondary N) is 2. The van der Waals surface area contributed by atoms with Crippen LogP contribution >= 0.6 is 0 Å². The summed E-state index contributed by atoms with van der Waals surface area (Å²) in [4.78, 5) is 17.8. The van der Waals surface area contributed by atoms with Crippen molar-refractivity contribution in [1.29, 1.82) is 0 Å². The van der Waals surface area contributed by atoms with Gasteiger partial charge in [0.1, 0.15) is 5.82 Å². The highest BCUT2D eigenvalue weighted by atomic mass is 32.2. The molecular weight excluding hydrogens is 467 g/mol. The first-order chi connectivity index (χ1) is 16.8. The van der Waals surface area contributed by atoms with E-state index in [2.05, 4.69) is 26.8 Å². The summed E-state index contributed by atoms with van der Waals surface area (Å²) in [7, 11) is -3.97. The van der Waals surface area contributed by atoms with Gasteiger partial charge in [0.05, 0.1) is 16.3 Å². The van der Waals surface area contributed by atoms with Crippen LogP contribution in [0.25, 0.3) is 0 Å². The first-order valence-corrected chi connectivity index (χ1v) is 13.0. The smallest absolute Gasteiger partial charge is 0.261 e. The van der Waals surface area contributed by atoms with Crippen LogP contribution in [0, 0.1) is 12.7 Å². The molecule has 1 aliphatic rings. The number of carbonyl (C=O) groups excluding carboxylic acids is 1. The number of halogens is 1. The van der Waals surface area contributed by atoms with Crippen molar-refractivity contribution in [3.63, 3.8) is 0 Å². The number of anilines is 3. The van der Waals surface area contributed by atoms with Crippen molar-refractivity contribution in [3.8, 4) is 0 Å². The Hall–Kier alpha value is -3.43. The molecule has 0 unspecified atom stereocenters. The van der Waals surface area contributed by atoms with E-state index in [1.165, 1.54) is 36.4 Å². The van der Waals surface area contributed by atoms with Crippen LogP contribution in [0.3, 0.4) is 0 Å². The Kier molecular flexibility index (Phi) is 7.37. The van der Waals surface area contributed by atoms with Crippen molar-refractivity contribution >= 4 is 33.0 Å². The van der Waals surface area contributed by atoms with Crippen molar-refractivity contribution in [2.75, 3.05) is 47.7 Å². The lowest BCUT2D eigenvalue weighted by molar-refractivity contribution is 0.102. The van der Waals surface area contributed by atoms with Gasteiger partial charge < -0.3 is 15.1 Å². The maximum Gasteiger partial charge on any atom is 0.261 e. The molecule has 35 heavy (non-hydrogen) atoms. The lowest BCUT2D eigenvalue weighted by Crippen LogP contribution is -2.46. The van der Waals surface area contributed by atoms with Crippen LogP contribution in [0.2, 0.25) is 0 Å². The van der Waals surface area contributed by atoms with Crippen LogP contribution in [0.4, 0.5) is 21.5 Å². The third-order valence-electron chi connectivity index (χ3n) is 6.17. The molecule has 184 valence electrons. The summed E-state index contributed by atoms with van der Waals surface area (Å²) in [6.07, 6.45) is 0. The molecule has 9 heteroatoms. The molecule has 0 aromatic heterocycles. The van der Waals surface area contributed by atoms with Crippen LogP contribution in [-0.4, -0.2) is 51.9 Å². The predicted molar refractivity (Wildman–Crippen MR) is 137 cm³/mol. The molecule has 3 aromatic carbocycles. The normalized spacial score (nSPS) is 14.5. The van der Waals surface area contributed by atoms with E-state index in [4.69, 9.17) is 0 Å². The van der Waals surface area contributed by atoms with Gasteiger partial charge in [0, 0.05) is 37.4 Å². The maximum absolute atomic E-state index is 13.2. The number of hydrogen-bond acceptors (Lipinski definition) is 5. The monoisotopic (exact) mass is 496 g/mol. The third kappa shape index (κ3) is 5.80. The molecule has 0 atom stereocenters. The first-order valence-electron chi connectivity index (χ1n) is 11.5. The van der Waals surface area contributed by atoms with Crippen molar-refractivity contribution < 1.29 is 17.6 Å². The SMILES string of the molecule is CCN1CCN(c2ccccc2NC(=O)c2cc(S(=O)(=O)Nc3ccc(F)cc3)ccc2C)CC1. The number of para-hydroxylation sites is 2. The Morgan fingerprint density at radius 1 is 0.971 bits per heavy atom. The number of benzene rings is 3. The minimum atomic E-state index is -3.97. The zero-order valence-electron chi connectivity index (χ0n) is 19.8. The number of aryl methyl sites for hydroxylation is 1. The fourth-order valence-electron chi connectivity index (χ4n) is 4.09. The van der Waals surface area contributed by atoms with Gasteiger partial charge in [-0.05, 0) is 67.6 Å². The van der Waals surface area contributed by atoms with Gasteiger partial charge in [-0.2, -0.15) is 0 Å². The molecule has 1 fully saturated rings. The van der Waals surface area contributed by atoms with Gasteiger partial charge >= 0.3 is 0 Å². The Morgan fingerprint density at radius 2 is 1.66 bits per heavy atom. The molecule has 0 radical (unpaired) electrons. The van der Waals surface area contributed by atoms with Crippen molar-refractivity contribution in [2.45, 2.75) is 18.7 Å². The number of carbonyl (C=O) groups is 1. The summed E-state index contributed by atoms with van der Waals surface area (Å²) < 4.78 is 41.4. The Labute approximate surface area is 205 Å². The minimum absolute atomic E-state index is 0.0541. The number of rotatable bonds is 7. The van der Waals surface area contributed by atoms with Crippen LogP contribution in [0.5, 0.6) is 0 Å². The third-order valence-corrected chi connectivity index (χ3v) is 7.55. The topological polar surface area (TPSA) is 81.8 Å². The van der Waals surface area contributed by atoms with Crippen molar-refractivity contribution in [2.24, 2.45) is 0 Å². The lowest BCUT2D eigenvalue weighted by Gasteiger charge is -2.36. The highest BCUT2D eigenvalue weighted by Crippen LogP contribution is 2.28. The average Bonchev–Trinajstić information content (AvgIpc) is 2.86. The summed E-state index contributed by atoms with van der Waals surface area (Å²) in [5, 5.41) is 2.97. The minimum Gasteiger partial charge on any atom is -0.367 e. The highest BCUT2D eigenvalue weighted by molar-refractivity contribution is 7.92. The number of hydrogen-bond donors (Lipinski definition) is 2. The molecule has 0 bridgehead atoms. The number of likely N-dealkylation sites (N-methyl/N-ethyl adjacent to an activating group) is 1. The van der Waals surface area contributed by atoms with Crippen molar-refractivity contribution in [3.05, 3.63) is 83.7 Å². The fraction of sp³-hybridized carbons (Fsp3) is 0.269. The molecule has 1 amide bonds. The highest BCUT2D eigenvalue weighted by Gasteiger charge is 2.21. The van der Waals surface area contributed by atoms with Crippen LogP contribution < -0.4 is 14.9 Å². The van der Waals surface area contributed by atoms with Gasteiger partial charge in [0.15, 0.2) is 0 Å². The van der Waals surface area contributed by atoms with E-state index in [-0.39, 0.29) is 22.1 Å². The molecule has 4 rings (SSSR count). The van der Waals surface area contributed by atoms with Crippen LogP contribution in [0.15, 0.2) is 71.6 Å². The standard InChI is InChI=1S/C26H29FN4O3S/c1-3-30-14-16-31(17-15-30)25-7-5-4-6-24(25)28-26(32)23-18-22(13-8-19(23)2)35(33,34)29-21-11-9-20(27)10-12-21/h4-13,18,29H,3,14-17H2,1-2H3,(H,28,32). The number of nitrogens with zero attached hydrogens (tertiary/aromatic N) is 2. The number of amides is 1. The number of piperazine rings is 1. The lowest BCUT2D eigenvalue weighted by atomic mass is 10.1. The Balaban J connectivity index is 1.55. The zero-order valence-corrected chi connectivity index (χ0v) is 20.6. The Bertz CT molecular complexity index is 1300. The molecule has 0 aliphatic carbocycles. The van der Waals surface area contributed by atoms with E-state index in [0.717, 1.165) is 38.4 Å². The number of sulfonamides is 1. The molecule has 3 aromatic rings. The molecule has 1 saturated heterocycles. The van der Waals surface area contributed by atoms with E-state index >= 15 is 0 Å². The van der Waals surface area contributed by atoms with Gasteiger partial charge in [-0.15, -0.1) is 0 Å². The van der Waals surface area contributed by atoms with E-state index in [9.17, 15) is 17.6 Å². The Morgan fingerprint density at radius 3 is 2.34 bits per heavy atom. The maximum atomic E-state index is 13.2. The zero-order chi connectivity index (χ0) is 25.0. The summed E-state index contributed by atoms with van der Waals surface area (Å²) in [5.41, 5.74) is 2.76. The second-order valence-corrected chi connectivity index (χ2v) is 10.2. The summed E-state index contributed by atoms with van der Waals surface area (Å²) in [6.45, 7) is 8.56. The first kappa shape index (κ1) is 24.7. The molecule has 0 saturated carbocycles. The fourth-order valence-corrected chi connectivity index (χ4v) is 5.18. The second-order valence-electron chi connectivity index (χ2n) is 8.48. The van der Waals surface area contributed by atoms with Crippen molar-refractivity contribution in [1.82, 2.24) is 4.90 Å². The van der Waals surface area contributed by atoms with E-state index in [1.807, 2.05) is 24.3 Å². The second kappa shape index (κ2) is 10.5. The van der Waals surface area contributed by atoms with Crippen LogP contribution in [-0.2, 0) is 10.0 Å². The van der Waals surface area contributed by atoms with Crippen LogP contribution in [0.1, 0.15) is 22.8 Å². The molecule has 1 heterocycles. The summed E-state index contributed by atoms with van der Waals surface area (Å²) in [5.74, 6) is -0.851. The summed E-state index contributed by atoms with van der Waals surface area (Å²) >= 11 is 0. The average molecular weight is 497 g/mol. The van der Waals surface area contributed by atoms with Gasteiger partial charge in [-0.25, -0.2) is 12.8 Å². The van der Waals surface area contributed by atoms with E-state index in [0.29, 0.717) is 11.3 Å². The van der Waals surface area contributed by atoms with Gasteiger partial charge in [0.25, 0.3) is 15.9 Å². The molecule has 7 nitrogen and oxygen atoms in total. The largest absolute Gasteiger partial charge is 0.367 e.